The van der Waals surface area contributed by atoms with Gasteiger partial charge in [0.05, 0.1) is 22.4 Å². The molecule has 0 aliphatic rings. The molecule has 0 N–H and O–H groups in total. The molecule has 0 fully saturated rings. The van der Waals surface area contributed by atoms with Crippen LogP contribution in [0.2, 0.25) is 0 Å². The zero-order chi connectivity index (χ0) is 30.1. The third kappa shape index (κ3) is 5.18. The van der Waals surface area contributed by atoms with Crippen molar-refractivity contribution in [3.63, 3.8) is 0 Å². The maximum atomic E-state index is 5.57. The van der Waals surface area contributed by atoms with Gasteiger partial charge in [-0.25, -0.2) is 9.97 Å². The van der Waals surface area contributed by atoms with Crippen LogP contribution in [0, 0.1) is 0 Å². The van der Waals surface area contributed by atoms with E-state index in [9.17, 15) is 0 Å². The van der Waals surface area contributed by atoms with Crippen molar-refractivity contribution in [3.05, 3.63) is 151 Å². The quantitative estimate of drug-likeness (QED) is 0.208. The van der Waals surface area contributed by atoms with Gasteiger partial charge in [0.1, 0.15) is 0 Å². The van der Waals surface area contributed by atoms with E-state index in [4.69, 9.17) is 9.97 Å². The second-order valence-electron chi connectivity index (χ2n) is 12.1. The van der Waals surface area contributed by atoms with Gasteiger partial charge in [0.2, 0.25) is 0 Å². The molecular formula is C41H33N3. The van der Waals surface area contributed by atoms with Gasteiger partial charge in [-0.1, -0.05) is 142 Å². The van der Waals surface area contributed by atoms with Gasteiger partial charge < -0.3 is 0 Å². The summed E-state index contributed by atoms with van der Waals surface area (Å²) in [6.07, 6.45) is 3.69. The van der Waals surface area contributed by atoms with Crippen molar-refractivity contribution in [3.8, 4) is 55.9 Å². The molecule has 2 aromatic heterocycles. The van der Waals surface area contributed by atoms with Crippen molar-refractivity contribution < 1.29 is 0 Å². The van der Waals surface area contributed by atoms with Crippen LogP contribution in [0.3, 0.4) is 0 Å². The highest BCUT2D eigenvalue weighted by Gasteiger charge is 2.26. The highest BCUT2D eigenvalue weighted by atomic mass is 14.8. The van der Waals surface area contributed by atoms with Crippen molar-refractivity contribution in [2.24, 2.45) is 0 Å². The molecule has 44 heavy (non-hydrogen) atoms. The first-order chi connectivity index (χ1) is 21.5. The molecule has 0 saturated carbocycles. The monoisotopic (exact) mass is 567 g/mol. The first kappa shape index (κ1) is 27.4. The van der Waals surface area contributed by atoms with E-state index < -0.39 is 0 Å². The lowest BCUT2D eigenvalue weighted by Crippen LogP contribution is -2.14. The Hall–Kier alpha value is -5.41. The largest absolute Gasteiger partial charge is 0.264 e. The Morgan fingerprint density at radius 1 is 0.455 bits per heavy atom. The van der Waals surface area contributed by atoms with E-state index in [0.717, 1.165) is 66.9 Å². The number of pyridine rings is 1. The van der Waals surface area contributed by atoms with Crippen molar-refractivity contribution in [1.82, 2.24) is 15.0 Å². The van der Waals surface area contributed by atoms with E-state index in [2.05, 4.69) is 147 Å². The second kappa shape index (κ2) is 11.3. The lowest BCUT2D eigenvalue weighted by Gasteiger charge is -2.26. The van der Waals surface area contributed by atoms with Crippen LogP contribution < -0.4 is 0 Å². The number of rotatable bonds is 5. The molecule has 0 saturated heterocycles. The fourth-order valence-electron chi connectivity index (χ4n) is 5.89. The number of benzene rings is 5. The van der Waals surface area contributed by atoms with Gasteiger partial charge in [-0.05, 0) is 45.4 Å². The summed E-state index contributed by atoms with van der Waals surface area (Å²) in [6, 6.07) is 46.6. The topological polar surface area (TPSA) is 38.7 Å². The molecular weight excluding hydrogens is 534 g/mol. The third-order valence-corrected chi connectivity index (χ3v) is 8.10. The zero-order valence-electron chi connectivity index (χ0n) is 25.2. The molecule has 0 bridgehead atoms. The third-order valence-electron chi connectivity index (χ3n) is 8.10. The van der Waals surface area contributed by atoms with Crippen molar-refractivity contribution in [2.75, 3.05) is 0 Å². The second-order valence-corrected chi connectivity index (χ2v) is 12.1. The predicted octanol–water partition coefficient (Wildman–Crippen LogP) is 10.7. The molecule has 0 aliphatic heterocycles. The summed E-state index contributed by atoms with van der Waals surface area (Å²) in [5.74, 6) is 0. The van der Waals surface area contributed by atoms with Crippen molar-refractivity contribution >= 4 is 11.0 Å². The molecule has 0 amide bonds. The Labute approximate surface area is 259 Å². The first-order valence-corrected chi connectivity index (χ1v) is 15.0. The van der Waals surface area contributed by atoms with Crippen LogP contribution in [0.5, 0.6) is 0 Å². The van der Waals surface area contributed by atoms with E-state index in [1.807, 2.05) is 18.3 Å². The van der Waals surface area contributed by atoms with Crippen LogP contribution in [0.1, 0.15) is 26.3 Å². The van der Waals surface area contributed by atoms with Crippen LogP contribution in [0.15, 0.2) is 146 Å². The van der Waals surface area contributed by atoms with E-state index in [-0.39, 0.29) is 5.41 Å². The molecule has 0 atom stereocenters. The van der Waals surface area contributed by atoms with Gasteiger partial charge in [0.25, 0.3) is 0 Å². The normalized spacial score (nSPS) is 11.5. The summed E-state index contributed by atoms with van der Waals surface area (Å²) in [6.45, 7) is 6.83. The molecule has 7 aromatic rings. The summed E-state index contributed by atoms with van der Waals surface area (Å²) in [7, 11) is 0. The van der Waals surface area contributed by atoms with Crippen LogP contribution in [-0.4, -0.2) is 15.0 Å². The summed E-state index contributed by atoms with van der Waals surface area (Å²) in [4.78, 5) is 15.4. The molecule has 3 nitrogen and oxygen atoms in total. The van der Waals surface area contributed by atoms with Gasteiger partial charge in [-0.2, -0.15) is 0 Å². The molecule has 0 spiro atoms. The summed E-state index contributed by atoms with van der Waals surface area (Å²) >= 11 is 0. The average Bonchev–Trinajstić information content (AvgIpc) is 3.08. The van der Waals surface area contributed by atoms with Crippen LogP contribution in [0.4, 0.5) is 0 Å². The molecule has 0 aliphatic carbocycles. The Balaban J connectivity index is 1.58. The maximum Gasteiger partial charge on any atom is 0.0982 e. The van der Waals surface area contributed by atoms with Crippen LogP contribution in [0.25, 0.3) is 66.9 Å². The number of hydrogen-bond acceptors (Lipinski definition) is 3. The summed E-state index contributed by atoms with van der Waals surface area (Å²) in [5, 5.41) is 0. The Bertz CT molecular complexity index is 2050. The molecule has 212 valence electrons. The van der Waals surface area contributed by atoms with Gasteiger partial charge >= 0.3 is 0 Å². The minimum Gasteiger partial charge on any atom is -0.264 e. The Morgan fingerprint density at radius 3 is 1.52 bits per heavy atom. The molecule has 0 radical (unpaired) electrons. The Kier molecular flexibility index (Phi) is 7.07. The van der Waals surface area contributed by atoms with Crippen LogP contribution in [-0.2, 0) is 5.41 Å². The van der Waals surface area contributed by atoms with E-state index in [1.54, 1.807) is 6.20 Å². The van der Waals surface area contributed by atoms with Gasteiger partial charge in [-0.3, -0.25) is 4.98 Å². The molecule has 7 rings (SSSR count). The molecule has 3 heteroatoms. The Morgan fingerprint density at radius 2 is 0.955 bits per heavy atom. The molecule has 0 unspecified atom stereocenters. The van der Waals surface area contributed by atoms with Gasteiger partial charge in [-0.15, -0.1) is 0 Å². The SMILES string of the molecule is CC(C)(C)c1cc(-c2ccccc2)c2nc(-c3ccc(-c4cccnc4)cc3)c(-c3ccccc3)nc2c1-c1ccccc1. The van der Waals surface area contributed by atoms with Crippen molar-refractivity contribution in [2.45, 2.75) is 26.2 Å². The minimum atomic E-state index is -0.127. The first-order valence-electron chi connectivity index (χ1n) is 15.0. The lowest BCUT2D eigenvalue weighted by atomic mass is 9.79. The minimum absolute atomic E-state index is 0.127. The van der Waals surface area contributed by atoms with E-state index >= 15 is 0 Å². The average molecular weight is 568 g/mol. The summed E-state index contributed by atoms with van der Waals surface area (Å²) in [5.41, 5.74) is 13.4. The number of nitrogens with zero attached hydrogens (tertiary/aromatic N) is 3. The number of fused-ring (bicyclic) bond motifs is 1. The van der Waals surface area contributed by atoms with E-state index in [0.29, 0.717) is 0 Å². The standard InChI is InChI=1S/C41H33N3/c1-41(2,3)35-26-34(29-14-7-4-8-15-29)39-40(36(35)30-16-9-5-10-17-30)44-37(31-18-11-6-12-19-31)38(43-39)32-23-21-28(22-24-32)33-20-13-25-42-27-33/h4-27H,1-3H3. The summed E-state index contributed by atoms with van der Waals surface area (Å²) < 4.78 is 0. The van der Waals surface area contributed by atoms with Crippen molar-refractivity contribution in [1.29, 1.82) is 0 Å². The predicted molar refractivity (Wildman–Crippen MR) is 183 cm³/mol. The molecule has 5 aromatic carbocycles. The van der Waals surface area contributed by atoms with E-state index in [1.165, 1.54) is 5.56 Å². The number of aromatic nitrogens is 3. The van der Waals surface area contributed by atoms with Gasteiger partial charge in [0, 0.05) is 34.6 Å². The van der Waals surface area contributed by atoms with Gasteiger partial charge in [0.15, 0.2) is 0 Å². The molecule has 2 heterocycles. The van der Waals surface area contributed by atoms with Crippen LogP contribution >= 0.6 is 0 Å². The maximum absolute atomic E-state index is 5.57. The highest BCUT2D eigenvalue weighted by Crippen LogP contribution is 2.44. The number of hydrogen-bond donors (Lipinski definition) is 0. The fourth-order valence-corrected chi connectivity index (χ4v) is 5.89. The smallest absolute Gasteiger partial charge is 0.0982 e. The zero-order valence-corrected chi connectivity index (χ0v) is 25.2. The lowest BCUT2D eigenvalue weighted by molar-refractivity contribution is 0.593. The fraction of sp³-hybridized carbons (Fsp3) is 0.0976. The highest BCUT2D eigenvalue weighted by molar-refractivity contribution is 6.04.